The van der Waals surface area contributed by atoms with Crippen molar-refractivity contribution in [3.8, 4) is 0 Å². The van der Waals surface area contributed by atoms with Crippen molar-refractivity contribution in [2.24, 2.45) is 11.8 Å². The number of anilines is 1. The van der Waals surface area contributed by atoms with Crippen molar-refractivity contribution in [3.63, 3.8) is 0 Å². The first kappa shape index (κ1) is 18.5. The van der Waals surface area contributed by atoms with Crippen molar-refractivity contribution in [1.29, 1.82) is 0 Å². The first-order valence-electron chi connectivity index (χ1n) is 6.83. The Morgan fingerprint density at radius 3 is 2.48 bits per heavy atom. The van der Waals surface area contributed by atoms with Crippen LogP contribution in [-0.2, 0) is 4.74 Å². The van der Waals surface area contributed by atoms with Gasteiger partial charge in [-0.2, -0.15) is 0 Å². The standard InChI is InChI=1S/C15H21ClN2O2.HI/c1-18(2,3)9-11-8-12(11)10-20-15(19)17-14-6-4-13(16)5-7-14;/h4-7,11-12H,8-10H2,1-3H3;1H/t11-,12+;/m1./s1. The number of rotatable bonds is 5. The summed E-state index contributed by atoms with van der Waals surface area (Å²) in [5.41, 5.74) is 0.693. The Kier molecular flexibility index (Phi) is 6.74. The Bertz CT molecular complexity index is 474. The largest absolute Gasteiger partial charge is 1.00 e. The van der Waals surface area contributed by atoms with Gasteiger partial charge in [-0.15, -0.1) is 0 Å². The molecule has 0 saturated heterocycles. The maximum atomic E-state index is 11.7. The first-order chi connectivity index (χ1) is 9.33. The van der Waals surface area contributed by atoms with E-state index in [0.29, 0.717) is 29.2 Å². The predicted octanol–water partition coefficient (Wildman–Crippen LogP) is 0.235. The smallest absolute Gasteiger partial charge is 0.411 e. The Morgan fingerprint density at radius 1 is 1.29 bits per heavy atom. The fourth-order valence-electron chi connectivity index (χ4n) is 2.31. The third-order valence-corrected chi connectivity index (χ3v) is 3.62. The number of nitrogens with zero attached hydrogens (tertiary/aromatic N) is 1. The SMILES string of the molecule is C[N+](C)(C)C[C@H]1C[C@H]1COC(=O)Nc1ccc(Cl)cc1.[I-]. The van der Waals surface area contributed by atoms with Gasteiger partial charge in [0.05, 0.1) is 34.3 Å². The molecule has 21 heavy (non-hydrogen) atoms. The molecule has 0 aromatic heterocycles. The van der Waals surface area contributed by atoms with E-state index in [2.05, 4.69) is 26.5 Å². The van der Waals surface area contributed by atoms with E-state index in [1.165, 1.54) is 0 Å². The van der Waals surface area contributed by atoms with E-state index in [9.17, 15) is 4.79 Å². The Labute approximate surface area is 148 Å². The molecule has 1 N–H and O–H groups in total. The van der Waals surface area contributed by atoms with Gasteiger partial charge in [0.1, 0.15) is 0 Å². The second kappa shape index (κ2) is 7.65. The van der Waals surface area contributed by atoms with Gasteiger partial charge in [-0.1, -0.05) is 11.6 Å². The van der Waals surface area contributed by atoms with Crippen LogP contribution in [0.3, 0.4) is 0 Å². The second-order valence-corrected chi connectivity index (χ2v) is 6.90. The van der Waals surface area contributed by atoms with Crippen LogP contribution in [0, 0.1) is 11.8 Å². The molecule has 2 atom stereocenters. The maximum Gasteiger partial charge on any atom is 0.411 e. The van der Waals surface area contributed by atoms with Crippen LogP contribution in [-0.4, -0.2) is 44.9 Å². The normalized spacial score (nSPS) is 20.4. The van der Waals surface area contributed by atoms with Gasteiger partial charge in [-0.25, -0.2) is 4.79 Å². The lowest BCUT2D eigenvalue weighted by Gasteiger charge is -2.23. The van der Waals surface area contributed by atoms with Gasteiger partial charge < -0.3 is 33.2 Å². The summed E-state index contributed by atoms with van der Waals surface area (Å²) < 4.78 is 6.21. The molecule has 4 nitrogen and oxygen atoms in total. The van der Waals surface area contributed by atoms with Crippen molar-refractivity contribution in [3.05, 3.63) is 29.3 Å². The highest BCUT2D eigenvalue weighted by atomic mass is 127. The van der Waals surface area contributed by atoms with Crippen LogP contribution in [0.15, 0.2) is 24.3 Å². The van der Waals surface area contributed by atoms with Crippen LogP contribution >= 0.6 is 11.6 Å². The molecule has 1 aliphatic rings. The summed E-state index contributed by atoms with van der Waals surface area (Å²) in [6.07, 6.45) is 0.757. The molecule has 1 saturated carbocycles. The van der Waals surface area contributed by atoms with Crippen LogP contribution in [0.4, 0.5) is 10.5 Å². The van der Waals surface area contributed by atoms with Crippen LogP contribution in [0.1, 0.15) is 6.42 Å². The molecule has 1 aliphatic carbocycles. The summed E-state index contributed by atoms with van der Waals surface area (Å²) in [5, 5.41) is 3.34. The summed E-state index contributed by atoms with van der Waals surface area (Å²) >= 11 is 5.78. The van der Waals surface area contributed by atoms with E-state index in [-0.39, 0.29) is 24.0 Å². The van der Waals surface area contributed by atoms with Crippen LogP contribution in [0.5, 0.6) is 0 Å². The van der Waals surface area contributed by atoms with E-state index < -0.39 is 6.09 Å². The molecule has 1 fully saturated rings. The van der Waals surface area contributed by atoms with Crippen molar-refractivity contribution in [2.45, 2.75) is 6.42 Å². The predicted molar refractivity (Wildman–Crippen MR) is 80.9 cm³/mol. The van der Waals surface area contributed by atoms with Crippen molar-refractivity contribution < 1.29 is 38.0 Å². The van der Waals surface area contributed by atoms with E-state index in [0.717, 1.165) is 17.4 Å². The molecule has 0 spiro atoms. The number of halogens is 2. The number of amides is 1. The molecule has 1 amide bonds. The average molecular weight is 425 g/mol. The zero-order valence-electron chi connectivity index (χ0n) is 12.6. The summed E-state index contributed by atoms with van der Waals surface area (Å²) in [6.45, 7) is 1.64. The van der Waals surface area contributed by atoms with Gasteiger partial charge in [-0.3, -0.25) is 5.32 Å². The molecule has 0 radical (unpaired) electrons. The topological polar surface area (TPSA) is 38.3 Å². The lowest BCUT2D eigenvalue weighted by atomic mass is 10.3. The second-order valence-electron chi connectivity index (χ2n) is 6.46. The monoisotopic (exact) mass is 424 g/mol. The fraction of sp³-hybridized carbons (Fsp3) is 0.533. The summed E-state index contributed by atoms with van der Waals surface area (Å²) in [6, 6.07) is 6.96. The number of benzene rings is 1. The fourth-order valence-corrected chi connectivity index (χ4v) is 2.44. The molecule has 1 aromatic carbocycles. The number of carbonyl (C=O) groups excluding carboxylic acids is 1. The van der Waals surface area contributed by atoms with Crippen molar-refractivity contribution in [2.75, 3.05) is 39.6 Å². The number of nitrogens with one attached hydrogen (secondary N) is 1. The number of hydrogen-bond acceptors (Lipinski definition) is 2. The van der Waals surface area contributed by atoms with Crippen molar-refractivity contribution >= 4 is 23.4 Å². The highest BCUT2D eigenvalue weighted by Crippen LogP contribution is 2.39. The molecule has 118 valence electrons. The first-order valence-corrected chi connectivity index (χ1v) is 7.21. The number of hydrogen-bond donors (Lipinski definition) is 1. The third kappa shape index (κ3) is 6.84. The lowest BCUT2D eigenvalue weighted by Crippen LogP contribution is -3.00. The zero-order valence-corrected chi connectivity index (χ0v) is 15.5. The molecule has 2 rings (SSSR count). The van der Waals surface area contributed by atoms with E-state index >= 15 is 0 Å². The van der Waals surface area contributed by atoms with Gasteiger partial charge in [0.25, 0.3) is 0 Å². The molecular weight excluding hydrogens is 403 g/mol. The zero-order chi connectivity index (χ0) is 14.8. The van der Waals surface area contributed by atoms with E-state index in [1.54, 1.807) is 24.3 Å². The molecule has 6 heteroatoms. The highest BCUT2D eigenvalue weighted by Gasteiger charge is 2.41. The van der Waals surface area contributed by atoms with E-state index in [4.69, 9.17) is 16.3 Å². The minimum atomic E-state index is -0.400. The highest BCUT2D eigenvalue weighted by molar-refractivity contribution is 6.30. The summed E-state index contributed by atoms with van der Waals surface area (Å²) in [4.78, 5) is 11.7. The minimum absolute atomic E-state index is 0. The van der Waals surface area contributed by atoms with Crippen LogP contribution < -0.4 is 29.3 Å². The summed E-state index contributed by atoms with van der Waals surface area (Å²) in [5.74, 6) is 1.20. The van der Waals surface area contributed by atoms with Crippen LogP contribution in [0.2, 0.25) is 5.02 Å². The molecule has 0 aliphatic heterocycles. The number of carbonyl (C=O) groups is 1. The van der Waals surface area contributed by atoms with E-state index in [1.807, 2.05) is 0 Å². The molecule has 0 bridgehead atoms. The Balaban J connectivity index is 0.00000220. The molecule has 0 unspecified atom stereocenters. The van der Waals surface area contributed by atoms with Gasteiger partial charge in [0.2, 0.25) is 0 Å². The quantitative estimate of drug-likeness (QED) is 0.543. The molecule has 0 heterocycles. The lowest BCUT2D eigenvalue weighted by molar-refractivity contribution is -0.872. The minimum Gasteiger partial charge on any atom is -1.00 e. The average Bonchev–Trinajstić information content (AvgIpc) is 3.05. The number of quaternary nitrogens is 1. The van der Waals surface area contributed by atoms with Gasteiger partial charge in [0, 0.05) is 22.5 Å². The van der Waals surface area contributed by atoms with Crippen molar-refractivity contribution in [1.82, 2.24) is 0 Å². The van der Waals surface area contributed by atoms with Gasteiger partial charge in [0.15, 0.2) is 0 Å². The Morgan fingerprint density at radius 2 is 1.90 bits per heavy atom. The molecular formula is C15H22ClIN2O2. The van der Waals surface area contributed by atoms with Gasteiger partial charge >= 0.3 is 6.09 Å². The maximum absolute atomic E-state index is 11.7. The van der Waals surface area contributed by atoms with Crippen LogP contribution in [0.25, 0.3) is 0 Å². The van der Waals surface area contributed by atoms with Gasteiger partial charge in [-0.05, 0) is 30.7 Å². The molecule has 1 aromatic rings. The Hall–Kier alpha value is -0.530. The third-order valence-electron chi connectivity index (χ3n) is 3.37. The number of ether oxygens (including phenoxy) is 1. The summed E-state index contributed by atoms with van der Waals surface area (Å²) in [7, 11) is 6.55.